The van der Waals surface area contributed by atoms with Gasteiger partial charge in [-0.25, -0.2) is 22.0 Å². The van der Waals surface area contributed by atoms with Crippen molar-refractivity contribution in [1.29, 1.82) is 0 Å². The van der Waals surface area contributed by atoms with Crippen LogP contribution < -0.4 is 0 Å². The highest BCUT2D eigenvalue weighted by Gasteiger charge is 2.22. The van der Waals surface area contributed by atoms with Gasteiger partial charge in [0, 0.05) is 17.2 Å². The van der Waals surface area contributed by atoms with Gasteiger partial charge in [0.05, 0.1) is 10.4 Å². The first kappa shape index (κ1) is 15.1. The molecule has 1 atom stereocenters. The average Bonchev–Trinajstić information content (AvgIpc) is 2.37. The Morgan fingerprint density at radius 2 is 1.10 bits per heavy atom. The highest BCUT2D eigenvalue weighted by atomic mass is 35.5. The molecule has 1 unspecified atom stereocenters. The largest absolute Gasteiger partial charge is 0.207 e. The van der Waals surface area contributed by atoms with Crippen molar-refractivity contribution in [2.45, 2.75) is 5.38 Å². The molecule has 0 N–H and O–H groups in total. The quantitative estimate of drug-likeness (QED) is 0.395. The van der Waals surface area contributed by atoms with Gasteiger partial charge in [0.2, 0.25) is 0 Å². The molecule has 0 heterocycles. The third kappa shape index (κ3) is 2.74. The van der Waals surface area contributed by atoms with Crippen LogP contribution in [0.1, 0.15) is 16.5 Å². The van der Waals surface area contributed by atoms with Crippen LogP contribution in [0.2, 0.25) is 5.02 Å². The summed E-state index contributed by atoms with van der Waals surface area (Å²) < 4.78 is 66.4. The molecule has 0 spiro atoms. The van der Waals surface area contributed by atoms with Crippen LogP contribution >= 0.6 is 23.2 Å². The molecule has 2 aromatic rings. The zero-order valence-electron chi connectivity index (χ0n) is 9.53. The molecule has 7 heteroatoms. The molecule has 0 aliphatic heterocycles. The van der Waals surface area contributed by atoms with Crippen LogP contribution in [0.4, 0.5) is 22.0 Å². The fourth-order valence-corrected chi connectivity index (χ4v) is 2.12. The SMILES string of the molecule is Fc1cc(F)c(C(Cl)c2cc(F)c(Cl)cc2F)cc1F. The second-order valence-electron chi connectivity index (χ2n) is 3.94. The molecule has 0 nitrogen and oxygen atoms in total. The zero-order chi connectivity index (χ0) is 15.0. The van der Waals surface area contributed by atoms with E-state index in [2.05, 4.69) is 0 Å². The topological polar surface area (TPSA) is 0 Å². The molecule has 0 bridgehead atoms. The summed E-state index contributed by atoms with van der Waals surface area (Å²) in [6.07, 6.45) is 0. The van der Waals surface area contributed by atoms with E-state index in [9.17, 15) is 22.0 Å². The monoisotopic (exact) mass is 326 g/mol. The lowest BCUT2D eigenvalue weighted by molar-refractivity contribution is 0.490. The van der Waals surface area contributed by atoms with Gasteiger partial charge in [-0.05, 0) is 18.2 Å². The van der Waals surface area contributed by atoms with Crippen LogP contribution in [0.15, 0.2) is 24.3 Å². The predicted molar refractivity (Wildman–Crippen MR) is 65.4 cm³/mol. The highest BCUT2D eigenvalue weighted by molar-refractivity contribution is 6.30. The van der Waals surface area contributed by atoms with Crippen molar-refractivity contribution in [3.8, 4) is 0 Å². The minimum atomic E-state index is -1.53. The molecule has 0 aromatic heterocycles. The van der Waals surface area contributed by atoms with E-state index in [1.807, 2.05) is 0 Å². The van der Waals surface area contributed by atoms with Gasteiger partial charge >= 0.3 is 0 Å². The van der Waals surface area contributed by atoms with Gasteiger partial charge in [-0.15, -0.1) is 11.6 Å². The summed E-state index contributed by atoms with van der Waals surface area (Å²) in [5.41, 5.74) is -0.940. The second kappa shape index (κ2) is 5.58. The van der Waals surface area contributed by atoms with Crippen molar-refractivity contribution in [3.05, 3.63) is 69.5 Å². The molecule has 0 radical (unpaired) electrons. The maximum Gasteiger partial charge on any atom is 0.161 e. The molecule has 0 saturated carbocycles. The van der Waals surface area contributed by atoms with Gasteiger partial charge in [-0.1, -0.05) is 11.6 Å². The molecular formula is C13H5Cl2F5. The van der Waals surface area contributed by atoms with Crippen molar-refractivity contribution in [1.82, 2.24) is 0 Å². The molecule has 0 saturated heterocycles. The van der Waals surface area contributed by atoms with E-state index in [4.69, 9.17) is 23.2 Å². The molecule has 0 amide bonds. The van der Waals surface area contributed by atoms with Crippen molar-refractivity contribution in [2.24, 2.45) is 0 Å². The Bertz CT molecular complexity index is 615. The van der Waals surface area contributed by atoms with Crippen LogP contribution in [0.5, 0.6) is 0 Å². The maximum atomic E-state index is 13.7. The lowest BCUT2D eigenvalue weighted by atomic mass is 10.0. The first-order valence-corrected chi connectivity index (χ1v) is 6.05. The lowest BCUT2D eigenvalue weighted by Gasteiger charge is -2.13. The van der Waals surface area contributed by atoms with Crippen LogP contribution in [0, 0.1) is 29.1 Å². The van der Waals surface area contributed by atoms with Crippen LogP contribution in [-0.4, -0.2) is 0 Å². The van der Waals surface area contributed by atoms with Gasteiger partial charge in [-0.3, -0.25) is 0 Å². The van der Waals surface area contributed by atoms with E-state index in [0.29, 0.717) is 18.2 Å². The van der Waals surface area contributed by atoms with E-state index < -0.39 is 50.6 Å². The molecule has 0 fully saturated rings. The van der Waals surface area contributed by atoms with Gasteiger partial charge in [-0.2, -0.15) is 0 Å². The molecule has 0 aliphatic carbocycles. The Kier molecular flexibility index (Phi) is 4.20. The third-order valence-electron chi connectivity index (χ3n) is 2.63. The summed E-state index contributed by atoms with van der Waals surface area (Å²) in [7, 11) is 0. The lowest BCUT2D eigenvalue weighted by Crippen LogP contribution is -2.03. The Labute approximate surface area is 120 Å². The van der Waals surface area contributed by atoms with Crippen molar-refractivity contribution in [2.75, 3.05) is 0 Å². The number of alkyl halides is 1. The first-order valence-electron chi connectivity index (χ1n) is 5.24. The van der Waals surface area contributed by atoms with Crippen LogP contribution in [0.3, 0.4) is 0 Å². The number of benzene rings is 2. The molecule has 2 rings (SSSR count). The van der Waals surface area contributed by atoms with Crippen LogP contribution in [-0.2, 0) is 0 Å². The van der Waals surface area contributed by atoms with E-state index in [0.717, 1.165) is 0 Å². The zero-order valence-corrected chi connectivity index (χ0v) is 11.0. The fourth-order valence-electron chi connectivity index (χ4n) is 1.63. The van der Waals surface area contributed by atoms with Gasteiger partial charge in [0.15, 0.2) is 11.6 Å². The fraction of sp³-hybridized carbons (Fsp3) is 0.0769. The summed E-state index contributed by atoms with van der Waals surface area (Å²) >= 11 is 11.2. The van der Waals surface area contributed by atoms with Gasteiger partial charge in [0.25, 0.3) is 0 Å². The average molecular weight is 327 g/mol. The Hall–Kier alpha value is -1.33. The normalized spacial score (nSPS) is 12.6. The summed E-state index contributed by atoms with van der Waals surface area (Å²) in [5.74, 6) is -5.87. The van der Waals surface area contributed by atoms with Crippen molar-refractivity contribution >= 4 is 23.2 Å². The Balaban J connectivity index is 2.54. The Morgan fingerprint density at radius 3 is 1.70 bits per heavy atom. The molecule has 20 heavy (non-hydrogen) atoms. The summed E-state index contributed by atoms with van der Waals surface area (Å²) in [6, 6.07) is 2.12. The van der Waals surface area contributed by atoms with Crippen molar-refractivity contribution in [3.63, 3.8) is 0 Å². The predicted octanol–water partition coefficient (Wildman–Crippen LogP) is 5.36. The van der Waals surface area contributed by atoms with E-state index in [1.54, 1.807) is 0 Å². The van der Waals surface area contributed by atoms with E-state index in [1.165, 1.54) is 0 Å². The summed E-state index contributed by atoms with van der Waals surface area (Å²) in [6.45, 7) is 0. The number of hydrogen-bond acceptors (Lipinski definition) is 0. The third-order valence-corrected chi connectivity index (χ3v) is 3.39. The number of hydrogen-bond donors (Lipinski definition) is 0. The molecule has 0 aliphatic rings. The van der Waals surface area contributed by atoms with E-state index >= 15 is 0 Å². The van der Waals surface area contributed by atoms with Gasteiger partial charge in [0.1, 0.15) is 17.5 Å². The highest BCUT2D eigenvalue weighted by Crippen LogP contribution is 2.35. The molecule has 106 valence electrons. The van der Waals surface area contributed by atoms with Crippen LogP contribution in [0.25, 0.3) is 0 Å². The summed E-state index contributed by atoms with van der Waals surface area (Å²) in [4.78, 5) is 0. The minimum Gasteiger partial charge on any atom is -0.207 e. The number of rotatable bonds is 2. The first-order chi connectivity index (χ1) is 9.31. The second-order valence-corrected chi connectivity index (χ2v) is 4.78. The summed E-state index contributed by atoms with van der Waals surface area (Å²) in [5, 5.41) is -2.00. The smallest absolute Gasteiger partial charge is 0.161 e. The van der Waals surface area contributed by atoms with Gasteiger partial charge < -0.3 is 0 Å². The van der Waals surface area contributed by atoms with E-state index in [-0.39, 0.29) is 6.07 Å². The maximum absolute atomic E-state index is 13.7. The van der Waals surface area contributed by atoms with Crippen molar-refractivity contribution < 1.29 is 22.0 Å². The molecule has 2 aromatic carbocycles. The molecular weight excluding hydrogens is 322 g/mol. The Morgan fingerprint density at radius 1 is 0.650 bits per heavy atom. The minimum absolute atomic E-state index is 0.282. The standard InChI is InChI=1S/C13H5Cl2F5/c14-7-3-8(16)5(1-10(7)18)13(15)6-2-11(19)12(20)4-9(6)17/h1-4,13H. The number of halogens is 7.